The van der Waals surface area contributed by atoms with E-state index in [0.717, 1.165) is 5.56 Å². The molecule has 4 aromatic carbocycles. The average Bonchev–Trinajstić information content (AvgIpc) is 2.75. The number of nitrogens with one attached hydrogen (secondary N) is 1. The molecule has 0 aliphatic carbocycles. The van der Waals surface area contributed by atoms with Gasteiger partial charge in [-0.05, 0) is 44.8 Å². The molecule has 4 rings (SSSR count). The zero-order chi connectivity index (χ0) is 22.6. The lowest BCUT2D eigenvalue weighted by molar-refractivity contribution is 0.103. The van der Waals surface area contributed by atoms with Crippen molar-refractivity contribution in [1.29, 1.82) is 0 Å². The highest BCUT2D eigenvalue weighted by molar-refractivity contribution is 7.85. The van der Waals surface area contributed by atoms with Crippen LogP contribution in [0.3, 0.4) is 0 Å². The minimum Gasteiger partial charge on any atom is -0.394 e. The monoisotopic (exact) mass is 441 g/mol. The number of benzene rings is 4. The smallest absolute Gasteiger partial charge is 0.261 e. The Morgan fingerprint density at radius 1 is 0.806 bits per heavy atom. The van der Waals surface area contributed by atoms with E-state index in [1.807, 2.05) is 6.92 Å². The van der Waals surface area contributed by atoms with Gasteiger partial charge in [-0.3, -0.25) is 4.55 Å². The van der Waals surface area contributed by atoms with Gasteiger partial charge in [0.05, 0.1) is 25.0 Å². The first kappa shape index (κ1) is 23.1. The summed E-state index contributed by atoms with van der Waals surface area (Å²) in [6.07, 6.45) is 0.715. The summed E-state index contributed by atoms with van der Waals surface area (Å²) in [6, 6.07) is 23.5. The van der Waals surface area contributed by atoms with Crippen LogP contribution in [-0.2, 0) is 16.7 Å². The van der Waals surface area contributed by atoms with Crippen LogP contribution in [0.15, 0.2) is 66.7 Å². The molecule has 0 aromatic heterocycles. The van der Waals surface area contributed by atoms with Crippen LogP contribution in [0.2, 0.25) is 0 Å². The zero-order valence-electron chi connectivity index (χ0n) is 17.5. The van der Waals surface area contributed by atoms with Gasteiger partial charge in [0.2, 0.25) is 0 Å². The van der Waals surface area contributed by atoms with Gasteiger partial charge < -0.3 is 15.5 Å². The van der Waals surface area contributed by atoms with E-state index in [0.29, 0.717) is 12.8 Å². The summed E-state index contributed by atoms with van der Waals surface area (Å²) in [4.78, 5) is 0. The maximum absolute atomic E-state index is 9.54. The molecule has 0 bridgehead atoms. The van der Waals surface area contributed by atoms with Crippen LogP contribution in [-0.4, -0.2) is 48.2 Å². The van der Waals surface area contributed by atoms with Gasteiger partial charge in [0.25, 0.3) is 10.1 Å². The molecular formula is C24H27NO5S. The van der Waals surface area contributed by atoms with Crippen LogP contribution < -0.4 is 5.32 Å². The lowest BCUT2D eigenvalue weighted by atomic mass is 9.94. The molecule has 0 amide bonds. The molecule has 0 saturated carbocycles. The zero-order valence-corrected chi connectivity index (χ0v) is 18.4. The maximum Gasteiger partial charge on any atom is 0.261 e. The molecule has 6 nitrogen and oxygen atoms in total. The third kappa shape index (κ3) is 5.58. The molecule has 7 heteroatoms. The fraction of sp³-hybridized carbons (Fsp3) is 0.250. The van der Waals surface area contributed by atoms with Gasteiger partial charge in [-0.15, -0.1) is 0 Å². The summed E-state index contributed by atoms with van der Waals surface area (Å²) in [5.74, 6) is 0. The van der Waals surface area contributed by atoms with E-state index in [2.05, 4.69) is 72.0 Å². The highest BCUT2D eigenvalue weighted by Gasteiger charge is 2.21. The van der Waals surface area contributed by atoms with Gasteiger partial charge >= 0.3 is 0 Å². The van der Waals surface area contributed by atoms with Gasteiger partial charge in [0.1, 0.15) is 0 Å². The van der Waals surface area contributed by atoms with Crippen molar-refractivity contribution in [2.45, 2.75) is 19.0 Å². The van der Waals surface area contributed by atoms with Crippen LogP contribution >= 0.6 is 0 Å². The summed E-state index contributed by atoms with van der Waals surface area (Å²) in [6.45, 7) is 2.18. The van der Waals surface area contributed by atoms with Gasteiger partial charge in [-0.25, -0.2) is 0 Å². The Bertz CT molecular complexity index is 1310. The van der Waals surface area contributed by atoms with E-state index >= 15 is 0 Å². The number of aliphatic hydroxyl groups excluding tert-OH is 2. The van der Waals surface area contributed by atoms with Crippen molar-refractivity contribution in [2.24, 2.45) is 0 Å². The number of hydrogen-bond acceptors (Lipinski definition) is 5. The standard InChI is InChI=1S/C23H23NO2.CH4O3S/c1-23(14-25,15-26)24-13-18-7-4-6-17-10-11-20-19-8-3-2-5-16(19)9-12-21(20)22(17)18;1-5(2,3)4/h2-12,24-26H,13-15H2,1H3;1H3,(H,2,3,4). The second-order valence-corrected chi connectivity index (χ2v) is 9.39. The number of fused-ring (bicyclic) bond motifs is 5. The molecule has 4 N–H and O–H groups in total. The minimum atomic E-state index is -3.67. The number of rotatable bonds is 5. The summed E-state index contributed by atoms with van der Waals surface area (Å²) >= 11 is 0. The predicted molar refractivity (Wildman–Crippen MR) is 126 cm³/mol. The minimum absolute atomic E-state index is 0.111. The van der Waals surface area contributed by atoms with Crippen LogP contribution in [0.5, 0.6) is 0 Å². The molecule has 0 spiro atoms. The molecule has 31 heavy (non-hydrogen) atoms. The van der Waals surface area contributed by atoms with Crippen molar-refractivity contribution < 1.29 is 23.2 Å². The van der Waals surface area contributed by atoms with Gasteiger partial charge in [0.15, 0.2) is 0 Å². The Morgan fingerprint density at radius 2 is 1.39 bits per heavy atom. The Labute approximate surface area is 181 Å². The summed E-state index contributed by atoms with van der Waals surface area (Å²) < 4.78 is 25.9. The highest BCUT2D eigenvalue weighted by Crippen LogP contribution is 2.33. The molecule has 0 atom stereocenters. The summed E-state index contributed by atoms with van der Waals surface area (Å²) in [7, 11) is -3.67. The number of aliphatic hydroxyl groups is 2. The van der Waals surface area contributed by atoms with Crippen LogP contribution in [0.25, 0.3) is 32.3 Å². The molecule has 0 radical (unpaired) electrons. The van der Waals surface area contributed by atoms with Crippen LogP contribution in [0, 0.1) is 0 Å². The first-order valence-corrected chi connectivity index (χ1v) is 11.7. The van der Waals surface area contributed by atoms with Crippen molar-refractivity contribution in [3.05, 3.63) is 72.3 Å². The molecular weight excluding hydrogens is 414 g/mol. The first-order chi connectivity index (χ1) is 14.6. The summed E-state index contributed by atoms with van der Waals surface area (Å²) in [5.41, 5.74) is 0.468. The van der Waals surface area contributed by atoms with E-state index in [4.69, 9.17) is 4.55 Å². The summed E-state index contributed by atoms with van der Waals surface area (Å²) in [5, 5.41) is 29.8. The lowest BCUT2D eigenvalue weighted by Crippen LogP contribution is -2.48. The molecule has 0 fully saturated rings. The second kappa shape index (κ2) is 9.30. The second-order valence-electron chi connectivity index (χ2n) is 7.93. The van der Waals surface area contributed by atoms with E-state index in [1.54, 1.807) is 0 Å². The van der Waals surface area contributed by atoms with E-state index < -0.39 is 15.7 Å². The molecule has 4 aromatic rings. The Morgan fingerprint density at radius 3 is 2.06 bits per heavy atom. The fourth-order valence-electron chi connectivity index (χ4n) is 3.57. The predicted octanol–water partition coefficient (Wildman–Crippen LogP) is 3.48. The van der Waals surface area contributed by atoms with Crippen molar-refractivity contribution in [2.75, 3.05) is 19.5 Å². The molecule has 0 aliphatic heterocycles. The molecule has 0 heterocycles. The van der Waals surface area contributed by atoms with Gasteiger partial charge in [-0.1, -0.05) is 66.7 Å². The van der Waals surface area contributed by atoms with Crippen molar-refractivity contribution in [3.63, 3.8) is 0 Å². The maximum atomic E-state index is 9.54. The largest absolute Gasteiger partial charge is 0.394 e. The van der Waals surface area contributed by atoms with Gasteiger partial charge in [-0.2, -0.15) is 8.42 Å². The molecule has 0 aliphatic rings. The lowest BCUT2D eigenvalue weighted by Gasteiger charge is -2.26. The van der Waals surface area contributed by atoms with Crippen LogP contribution in [0.4, 0.5) is 0 Å². The Balaban J connectivity index is 0.000000491. The highest BCUT2D eigenvalue weighted by atomic mass is 32.2. The van der Waals surface area contributed by atoms with E-state index in [1.165, 1.54) is 32.3 Å². The van der Waals surface area contributed by atoms with Crippen molar-refractivity contribution in [1.82, 2.24) is 5.32 Å². The normalized spacial score (nSPS) is 12.2. The fourth-order valence-corrected chi connectivity index (χ4v) is 3.57. The van der Waals surface area contributed by atoms with E-state index in [9.17, 15) is 18.6 Å². The van der Waals surface area contributed by atoms with Crippen molar-refractivity contribution >= 4 is 42.4 Å². The number of hydrogen-bond donors (Lipinski definition) is 4. The molecule has 0 saturated heterocycles. The quantitative estimate of drug-likeness (QED) is 0.279. The topological polar surface area (TPSA) is 107 Å². The SMILES string of the molecule is CC(CO)(CO)NCc1cccc2ccc3c4ccccc4ccc3c12.CS(=O)(=O)O. The van der Waals surface area contributed by atoms with Gasteiger partial charge in [0, 0.05) is 6.54 Å². The third-order valence-corrected chi connectivity index (χ3v) is 5.26. The first-order valence-electron chi connectivity index (χ1n) is 9.86. The molecule has 0 unspecified atom stereocenters. The van der Waals surface area contributed by atoms with E-state index in [-0.39, 0.29) is 13.2 Å². The van der Waals surface area contributed by atoms with Crippen LogP contribution in [0.1, 0.15) is 12.5 Å². The van der Waals surface area contributed by atoms with Crippen molar-refractivity contribution in [3.8, 4) is 0 Å². The average molecular weight is 442 g/mol. The molecule has 164 valence electrons. The third-order valence-electron chi connectivity index (χ3n) is 5.26. The Hall–Kier alpha value is -2.55. The Kier molecular flexibility index (Phi) is 6.93.